The van der Waals surface area contributed by atoms with Crippen molar-refractivity contribution in [2.24, 2.45) is 0 Å². The third-order valence-corrected chi connectivity index (χ3v) is 2.84. The number of ether oxygens (including phenoxy) is 2. The Morgan fingerprint density at radius 2 is 2.19 bits per heavy atom. The number of carboxylic acid groups (broad SMARTS) is 1. The van der Waals surface area contributed by atoms with E-state index in [1.165, 1.54) is 6.07 Å². The Morgan fingerprint density at radius 3 is 2.88 bits per heavy atom. The molecule has 0 spiro atoms. The van der Waals surface area contributed by atoms with Crippen LogP contribution in [0.1, 0.15) is 5.56 Å². The fourth-order valence-corrected chi connectivity index (χ4v) is 2.03. The summed E-state index contributed by atoms with van der Waals surface area (Å²) in [4.78, 5) is 10.5. The van der Waals surface area contributed by atoms with E-state index in [4.69, 9.17) is 14.6 Å². The van der Waals surface area contributed by atoms with E-state index in [1.807, 2.05) is 0 Å². The Kier molecular flexibility index (Phi) is 3.00. The average molecular weight is 291 g/mol. The molecule has 0 saturated heterocycles. The summed E-state index contributed by atoms with van der Waals surface area (Å²) in [6.45, 7) is 0.723. The summed E-state index contributed by atoms with van der Waals surface area (Å²) < 4.78 is 24.3. The first kappa shape index (κ1) is 11.2. The molecular weight excluding hydrogens is 283 g/mol. The van der Waals surface area contributed by atoms with E-state index in [2.05, 4.69) is 15.9 Å². The van der Waals surface area contributed by atoms with Gasteiger partial charge in [0.15, 0.2) is 11.5 Å². The number of fused-ring (bicyclic) bond motifs is 1. The molecule has 1 aliphatic rings. The van der Waals surface area contributed by atoms with E-state index < -0.39 is 11.8 Å². The van der Waals surface area contributed by atoms with Crippen LogP contribution in [0.4, 0.5) is 4.39 Å². The summed E-state index contributed by atoms with van der Waals surface area (Å²) in [5.41, 5.74) is 0.0728. The van der Waals surface area contributed by atoms with Gasteiger partial charge >= 0.3 is 5.97 Å². The molecule has 0 amide bonds. The predicted octanol–water partition coefficient (Wildman–Crippen LogP) is 1.99. The van der Waals surface area contributed by atoms with Crippen molar-refractivity contribution in [1.82, 2.24) is 0 Å². The zero-order valence-electron chi connectivity index (χ0n) is 8.13. The van der Waals surface area contributed by atoms with Gasteiger partial charge in [0.05, 0.1) is 10.9 Å². The maximum atomic E-state index is 13.7. The molecule has 1 aromatic carbocycles. The minimum atomic E-state index is -1.09. The number of carbonyl (C=O) groups is 1. The minimum absolute atomic E-state index is 0.0728. The van der Waals surface area contributed by atoms with Gasteiger partial charge < -0.3 is 14.6 Å². The van der Waals surface area contributed by atoms with E-state index in [9.17, 15) is 9.18 Å². The van der Waals surface area contributed by atoms with Crippen LogP contribution in [-0.4, -0.2) is 24.3 Å². The van der Waals surface area contributed by atoms with E-state index in [0.717, 1.165) is 0 Å². The van der Waals surface area contributed by atoms with Crippen LogP contribution in [0.25, 0.3) is 0 Å². The summed E-state index contributed by atoms with van der Waals surface area (Å²) in [5, 5.41) is 8.63. The van der Waals surface area contributed by atoms with Crippen LogP contribution >= 0.6 is 15.9 Å². The second kappa shape index (κ2) is 4.29. The molecule has 16 heavy (non-hydrogen) atoms. The molecule has 0 aliphatic carbocycles. The van der Waals surface area contributed by atoms with E-state index in [1.54, 1.807) is 0 Å². The normalized spacial score (nSPS) is 13.6. The van der Waals surface area contributed by atoms with Gasteiger partial charge in [-0.15, -0.1) is 0 Å². The monoisotopic (exact) mass is 290 g/mol. The van der Waals surface area contributed by atoms with Gasteiger partial charge in [-0.05, 0) is 22.0 Å². The average Bonchev–Trinajstić information content (AvgIpc) is 2.25. The summed E-state index contributed by atoms with van der Waals surface area (Å²) in [6, 6.07) is 1.36. The van der Waals surface area contributed by atoms with Crippen molar-refractivity contribution in [3.8, 4) is 11.5 Å². The van der Waals surface area contributed by atoms with Crippen LogP contribution < -0.4 is 9.47 Å². The number of hydrogen-bond donors (Lipinski definition) is 1. The highest BCUT2D eigenvalue weighted by atomic mass is 79.9. The SMILES string of the molecule is O=C(O)Cc1cc2c(c(Br)c1F)OCCO2. The molecule has 1 heterocycles. The number of hydrogen-bond acceptors (Lipinski definition) is 3. The maximum absolute atomic E-state index is 13.7. The second-order valence-corrected chi connectivity index (χ2v) is 4.05. The topological polar surface area (TPSA) is 55.8 Å². The third kappa shape index (κ3) is 1.97. The molecule has 0 atom stereocenters. The third-order valence-electron chi connectivity index (χ3n) is 2.13. The standard InChI is InChI=1S/C10H8BrFO4/c11-8-9(12)5(4-7(13)14)3-6-10(8)16-2-1-15-6/h3H,1-2,4H2,(H,13,14). The van der Waals surface area contributed by atoms with Gasteiger partial charge in [0.2, 0.25) is 0 Å². The van der Waals surface area contributed by atoms with Crippen LogP contribution in [0, 0.1) is 5.82 Å². The Bertz CT molecular complexity index is 447. The molecule has 0 unspecified atom stereocenters. The van der Waals surface area contributed by atoms with Crippen LogP contribution in [0.15, 0.2) is 10.5 Å². The Labute approximate surface area is 99.1 Å². The van der Waals surface area contributed by atoms with Crippen LogP contribution in [0.2, 0.25) is 0 Å². The number of carboxylic acids is 1. The van der Waals surface area contributed by atoms with Gasteiger partial charge in [0.1, 0.15) is 19.0 Å². The van der Waals surface area contributed by atoms with Gasteiger partial charge in [0.25, 0.3) is 0 Å². The lowest BCUT2D eigenvalue weighted by molar-refractivity contribution is -0.136. The predicted molar refractivity (Wildman–Crippen MR) is 56.4 cm³/mol. The number of benzene rings is 1. The molecule has 86 valence electrons. The van der Waals surface area contributed by atoms with Crippen molar-refractivity contribution in [3.05, 3.63) is 21.9 Å². The first-order chi connectivity index (χ1) is 7.59. The highest BCUT2D eigenvalue weighted by Gasteiger charge is 2.22. The van der Waals surface area contributed by atoms with Gasteiger partial charge in [-0.3, -0.25) is 4.79 Å². The fourth-order valence-electron chi connectivity index (χ4n) is 1.46. The van der Waals surface area contributed by atoms with Crippen molar-refractivity contribution in [3.63, 3.8) is 0 Å². The number of aliphatic carboxylic acids is 1. The Hall–Kier alpha value is -1.30. The quantitative estimate of drug-likeness (QED) is 0.905. The van der Waals surface area contributed by atoms with Crippen LogP contribution in [0.3, 0.4) is 0 Å². The first-order valence-corrected chi connectivity index (χ1v) is 5.37. The van der Waals surface area contributed by atoms with Crippen molar-refractivity contribution < 1.29 is 23.8 Å². The fraction of sp³-hybridized carbons (Fsp3) is 0.300. The Morgan fingerprint density at radius 1 is 1.50 bits per heavy atom. The molecule has 0 bridgehead atoms. The van der Waals surface area contributed by atoms with Crippen molar-refractivity contribution in [2.75, 3.05) is 13.2 Å². The van der Waals surface area contributed by atoms with Gasteiger partial charge in [0, 0.05) is 5.56 Å². The highest BCUT2D eigenvalue weighted by Crippen LogP contribution is 2.40. The summed E-state index contributed by atoms with van der Waals surface area (Å²) in [5.74, 6) is -1.05. The molecule has 6 heteroatoms. The lowest BCUT2D eigenvalue weighted by Gasteiger charge is -2.20. The smallest absolute Gasteiger partial charge is 0.307 e. The number of halogens is 2. The molecule has 1 N–H and O–H groups in total. The summed E-state index contributed by atoms with van der Waals surface area (Å²) >= 11 is 3.03. The van der Waals surface area contributed by atoms with Crippen LogP contribution in [0.5, 0.6) is 11.5 Å². The zero-order valence-corrected chi connectivity index (χ0v) is 9.71. The first-order valence-electron chi connectivity index (χ1n) is 4.58. The van der Waals surface area contributed by atoms with E-state index >= 15 is 0 Å². The molecule has 1 aliphatic heterocycles. The van der Waals surface area contributed by atoms with Crippen molar-refractivity contribution in [2.45, 2.75) is 6.42 Å². The zero-order chi connectivity index (χ0) is 11.7. The molecule has 0 radical (unpaired) electrons. The van der Waals surface area contributed by atoms with Crippen molar-refractivity contribution >= 4 is 21.9 Å². The Balaban J connectivity index is 2.48. The minimum Gasteiger partial charge on any atom is -0.486 e. The molecule has 0 aromatic heterocycles. The van der Waals surface area contributed by atoms with Gasteiger partial charge in [-0.25, -0.2) is 4.39 Å². The van der Waals surface area contributed by atoms with Gasteiger partial charge in [-0.2, -0.15) is 0 Å². The molecule has 2 rings (SSSR count). The largest absolute Gasteiger partial charge is 0.486 e. The summed E-state index contributed by atoms with van der Waals surface area (Å²) in [7, 11) is 0. The second-order valence-electron chi connectivity index (χ2n) is 3.26. The lowest BCUT2D eigenvalue weighted by atomic mass is 10.1. The molecule has 4 nitrogen and oxygen atoms in total. The molecule has 1 aromatic rings. The number of rotatable bonds is 2. The van der Waals surface area contributed by atoms with E-state index in [0.29, 0.717) is 19.0 Å². The van der Waals surface area contributed by atoms with Crippen LogP contribution in [-0.2, 0) is 11.2 Å². The molecular formula is C10H8BrFO4. The maximum Gasteiger partial charge on any atom is 0.307 e. The molecule has 0 fully saturated rings. The van der Waals surface area contributed by atoms with Crippen molar-refractivity contribution in [1.29, 1.82) is 0 Å². The summed E-state index contributed by atoms with van der Waals surface area (Å²) in [6.07, 6.45) is -0.388. The lowest BCUT2D eigenvalue weighted by Crippen LogP contribution is -2.17. The van der Waals surface area contributed by atoms with Gasteiger partial charge in [-0.1, -0.05) is 0 Å². The van der Waals surface area contributed by atoms with E-state index in [-0.39, 0.29) is 22.2 Å². The highest BCUT2D eigenvalue weighted by molar-refractivity contribution is 9.10. The molecule has 0 saturated carbocycles.